The van der Waals surface area contributed by atoms with Gasteiger partial charge < -0.3 is 9.80 Å². The van der Waals surface area contributed by atoms with E-state index >= 15 is 0 Å². The summed E-state index contributed by atoms with van der Waals surface area (Å²) in [6.45, 7) is 5.64. The largest absolute Gasteiger partial charge is 0.368 e. The van der Waals surface area contributed by atoms with Crippen LogP contribution in [-0.4, -0.2) is 31.2 Å². The number of nitriles is 1. The van der Waals surface area contributed by atoms with Crippen molar-refractivity contribution in [2.24, 2.45) is 0 Å². The average Bonchev–Trinajstić information content (AvgIpc) is 2.55. The van der Waals surface area contributed by atoms with Gasteiger partial charge in [-0.05, 0) is 30.7 Å². The number of hydrogen-bond donors (Lipinski definition) is 0. The molecule has 0 spiro atoms. The van der Waals surface area contributed by atoms with Crippen LogP contribution in [0.5, 0.6) is 0 Å². The lowest BCUT2D eigenvalue weighted by Gasteiger charge is -2.37. The molecule has 106 valence electrons. The Morgan fingerprint density at radius 2 is 1.67 bits per heavy atom. The molecule has 3 rings (SSSR count). The number of piperazine rings is 1. The second-order valence-electron chi connectivity index (χ2n) is 5.25. The first kappa shape index (κ1) is 13.4. The molecule has 0 atom stereocenters. The van der Waals surface area contributed by atoms with Crippen LogP contribution in [0.15, 0.2) is 42.6 Å². The van der Waals surface area contributed by atoms with Crippen molar-refractivity contribution < 1.29 is 0 Å². The molecule has 0 amide bonds. The number of hydrogen-bond acceptors (Lipinski definition) is 4. The van der Waals surface area contributed by atoms with Gasteiger partial charge in [0.25, 0.3) is 0 Å². The summed E-state index contributed by atoms with van der Waals surface area (Å²) in [5.74, 6) is 0.824. The Labute approximate surface area is 125 Å². The van der Waals surface area contributed by atoms with Gasteiger partial charge in [-0.15, -0.1) is 0 Å². The van der Waals surface area contributed by atoms with E-state index in [1.54, 1.807) is 6.20 Å². The normalized spacial score (nSPS) is 14.9. The van der Waals surface area contributed by atoms with Gasteiger partial charge in [0.05, 0.1) is 5.56 Å². The highest BCUT2D eigenvalue weighted by Gasteiger charge is 2.21. The number of para-hydroxylation sites is 1. The Morgan fingerprint density at radius 3 is 2.33 bits per heavy atom. The van der Waals surface area contributed by atoms with E-state index in [1.807, 2.05) is 19.1 Å². The van der Waals surface area contributed by atoms with E-state index in [1.165, 1.54) is 5.69 Å². The second-order valence-corrected chi connectivity index (χ2v) is 5.25. The van der Waals surface area contributed by atoms with Gasteiger partial charge in [-0.2, -0.15) is 5.26 Å². The van der Waals surface area contributed by atoms with Gasteiger partial charge in [0.1, 0.15) is 11.9 Å². The van der Waals surface area contributed by atoms with E-state index in [9.17, 15) is 5.26 Å². The zero-order valence-electron chi connectivity index (χ0n) is 12.2. The molecule has 1 fully saturated rings. The number of rotatable bonds is 2. The van der Waals surface area contributed by atoms with Crippen LogP contribution in [0.2, 0.25) is 0 Å². The Kier molecular flexibility index (Phi) is 3.74. The molecule has 1 aliphatic heterocycles. The third-order valence-corrected chi connectivity index (χ3v) is 3.95. The lowest BCUT2D eigenvalue weighted by molar-refractivity contribution is 0.646. The van der Waals surface area contributed by atoms with Crippen LogP contribution in [0.1, 0.15) is 11.1 Å². The molecule has 4 nitrogen and oxygen atoms in total. The third-order valence-electron chi connectivity index (χ3n) is 3.95. The molecule has 0 radical (unpaired) electrons. The van der Waals surface area contributed by atoms with Gasteiger partial charge in [-0.25, -0.2) is 4.98 Å². The number of anilines is 2. The van der Waals surface area contributed by atoms with Crippen molar-refractivity contribution in [3.05, 3.63) is 53.7 Å². The SMILES string of the molecule is Cc1ccnc(N2CCN(c3ccccc3)CC2)c1C#N. The highest BCUT2D eigenvalue weighted by atomic mass is 15.3. The van der Waals surface area contributed by atoms with E-state index in [-0.39, 0.29) is 0 Å². The summed E-state index contributed by atoms with van der Waals surface area (Å²) in [4.78, 5) is 9.00. The van der Waals surface area contributed by atoms with Crippen molar-refractivity contribution in [1.82, 2.24) is 4.98 Å². The quantitative estimate of drug-likeness (QED) is 0.847. The minimum absolute atomic E-state index is 0.700. The van der Waals surface area contributed by atoms with Crippen molar-refractivity contribution in [1.29, 1.82) is 5.26 Å². The van der Waals surface area contributed by atoms with E-state index in [0.29, 0.717) is 5.56 Å². The van der Waals surface area contributed by atoms with Crippen LogP contribution >= 0.6 is 0 Å². The summed E-state index contributed by atoms with van der Waals surface area (Å²) in [6, 6.07) is 14.6. The van der Waals surface area contributed by atoms with Crippen LogP contribution in [-0.2, 0) is 0 Å². The smallest absolute Gasteiger partial charge is 0.146 e. The molecule has 0 N–H and O–H groups in total. The Balaban J connectivity index is 1.75. The summed E-state index contributed by atoms with van der Waals surface area (Å²) in [5.41, 5.74) is 2.95. The molecule has 4 heteroatoms. The van der Waals surface area contributed by atoms with Crippen molar-refractivity contribution in [2.75, 3.05) is 36.0 Å². The molecular weight excluding hydrogens is 260 g/mol. The fourth-order valence-corrected chi connectivity index (χ4v) is 2.74. The maximum absolute atomic E-state index is 9.33. The van der Waals surface area contributed by atoms with Gasteiger partial charge >= 0.3 is 0 Å². The molecule has 0 unspecified atom stereocenters. The molecule has 1 aromatic heterocycles. The molecule has 2 aromatic rings. The van der Waals surface area contributed by atoms with Gasteiger partial charge in [-0.3, -0.25) is 0 Å². The van der Waals surface area contributed by atoms with E-state index in [4.69, 9.17) is 0 Å². The first-order valence-corrected chi connectivity index (χ1v) is 7.20. The third kappa shape index (κ3) is 2.68. The Morgan fingerprint density at radius 1 is 1.00 bits per heavy atom. The number of nitrogens with zero attached hydrogens (tertiary/aromatic N) is 4. The monoisotopic (exact) mass is 278 g/mol. The Hall–Kier alpha value is -2.54. The van der Waals surface area contributed by atoms with Gasteiger partial charge in [0.15, 0.2) is 0 Å². The van der Waals surface area contributed by atoms with Crippen LogP contribution in [0.4, 0.5) is 11.5 Å². The summed E-state index contributed by atoms with van der Waals surface area (Å²) in [6.07, 6.45) is 1.79. The molecule has 1 aromatic carbocycles. The summed E-state index contributed by atoms with van der Waals surface area (Å²) in [7, 11) is 0. The molecule has 0 saturated carbocycles. The average molecular weight is 278 g/mol. The molecule has 21 heavy (non-hydrogen) atoms. The summed E-state index contributed by atoms with van der Waals surface area (Å²) in [5, 5.41) is 9.33. The molecule has 2 heterocycles. The predicted molar refractivity (Wildman–Crippen MR) is 84.6 cm³/mol. The standard InChI is InChI=1S/C17H18N4/c1-14-7-8-19-17(16(14)13-18)21-11-9-20(10-12-21)15-5-3-2-4-6-15/h2-8H,9-12H2,1H3. The van der Waals surface area contributed by atoms with Crippen LogP contribution in [0, 0.1) is 18.3 Å². The van der Waals surface area contributed by atoms with E-state index in [2.05, 4.69) is 45.1 Å². The van der Waals surface area contributed by atoms with Gasteiger partial charge in [0.2, 0.25) is 0 Å². The maximum atomic E-state index is 9.33. The molecule has 1 aliphatic rings. The van der Waals surface area contributed by atoms with Crippen molar-refractivity contribution >= 4 is 11.5 Å². The first-order chi connectivity index (χ1) is 10.3. The highest BCUT2D eigenvalue weighted by Crippen LogP contribution is 2.23. The van der Waals surface area contributed by atoms with Crippen LogP contribution in [0.25, 0.3) is 0 Å². The molecular formula is C17H18N4. The van der Waals surface area contributed by atoms with Crippen LogP contribution in [0.3, 0.4) is 0 Å². The molecule has 0 bridgehead atoms. The van der Waals surface area contributed by atoms with Crippen molar-refractivity contribution in [2.45, 2.75) is 6.92 Å². The fraction of sp³-hybridized carbons (Fsp3) is 0.294. The number of aryl methyl sites for hydroxylation is 1. The minimum atomic E-state index is 0.700. The lowest BCUT2D eigenvalue weighted by Crippen LogP contribution is -2.47. The number of aromatic nitrogens is 1. The summed E-state index contributed by atoms with van der Waals surface area (Å²) < 4.78 is 0. The maximum Gasteiger partial charge on any atom is 0.146 e. The number of benzene rings is 1. The van der Waals surface area contributed by atoms with Crippen molar-refractivity contribution in [3.8, 4) is 6.07 Å². The Bertz CT molecular complexity index is 652. The van der Waals surface area contributed by atoms with Crippen molar-refractivity contribution in [3.63, 3.8) is 0 Å². The van der Waals surface area contributed by atoms with Gasteiger partial charge in [-0.1, -0.05) is 18.2 Å². The second kappa shape index (κ2) is 5.84. The topological polar surface area (TPSA) is 43.2 Å². The lowest BCUT2D eigenvalue weighted by atomic mass is 10.1. The minimum Gasteiger partial charge on any atom is -0.368 e. The zero-order chi connectivity index (χ0) is 14.7. The predicted octanol–water partition coefficient (Wildman–Crippen LogP) is 2.59. The fourth-order valence-electron chi connectivity index (χ4n) is 2.74. The highest BCUT2D eigenvalue weighted by molar-refractivity contribution is 5.58. The van der Waals surface area contributed by atoms with Crippen LogP contribution < -0.4 is 9.80 Å². The summed E-state index contributed by atoms with van der Waals surface area (Å²) >= 11 is 0. The van der Waals surface area contributed by atoms with E-state index < -0.39 is 0 Å². The van der Waals surface area contributed by atoms with Gasteiger partial charge in [0, 0.05) is 38.1 Å². The molecule has 1 saturated heterocycles. The first-order valence-electron chi connectivity index (χ1n) is 7.20. The number of pyridine rings is 1. The zero-order valence-corrected chi connectivity index (χ0v) is 12.2. The van der Waals surface area contributed by atoms with E-state index in [0.717, 1.165) is 37.6 Å². The molecule has 0 aliphatic carbocycles.